The first-order valence-electron chi connectivity index (χ1n) is 7.33. The lowest BCUT2D eigenvalue weighted by molar-refractivity contribution is -0.171. The van der Waals surface area contributed by atoms with Crippen molar-refractivity contribution in [2.24, 2.45) is 0 Å². The minimum atomic E-state index is -4.48. The Bertz CT molecular complexity index is 806. The van der Waals surface area contributed by atoms with Gasteiger partial charge in [0, 0.05) is 30.8 Å². The Kier molecular flexibility index (Phi) is 4.70. The number of hydrogen-bond donors (Lipinski definition) is 2. The number of carbonyl (C=O) groups excluding carboxylic acids is 1. The van der Waals surface area contributed by atoms with E-state index in [2.05, 4.69) is 15.7 Å². The van der Waals surface area contributed by atoms with Crippen molar-refractivity contribution in [3.63, 3.8) is 0 Å². The summed E-state index contributed by atoms with van der Waals surface area (Å²) in [6, 6.07) is 1.98. The molecule has 0 saturated heterocycles. The zero-order chi connectivity index (χ0) is 18.2. The highest BCUT2D eigenvalue weighted by Gasteiger charge is 2.44. The molecule has 25 heavy (non-hydrogen) atoms. The van der Waals surface area contributed by atoms with Gasteiger partial charge in [-0.25, -0.2) is 4.39 Å². The van der Waals surface area contributed by atoms with Crippen LogP contribution in [0.3, 0.4) is 0 Å². The first kappa shape index (κ1) is 17.7. The van der Waals surface area contributed by atoms with Crippen molar-refractivity contribution < 1.29 is 22.4 Å². The number of alkyl halides is 3. The molecular formula is C15H13ClF4N4O. The van der Waals surface area contributed by atoms with Crippen molar-refractivity contribution in [3.8, 4) is 11.3 Å². The number of nitrogens with zero attached hydrogens (tertiary/aromatic N) is 2. The van der Waals surface area contributed by atoms with Gasteiger partial charge in [0.15, 0.2) is 6.04 Å². The molecule has 1 aromatic carbocycles. The highest BCUT2D eigenvalue weighted by molar-refractivity contribution is 6.31. The summed E-state index contributed by atoms with van der Waals surface area (Å²) in [6.07, 6.45) is -4.04. The summed E-state index contributed by atoms with van der Waals surface area (Å²) in [5, 5.41) is 9.11. The molecule has 0 saturated carbocycles. The zero-order valence-electron chi connectivity index (χ0n) is 12.7. The third kappa shape index (κ3) is 3.34. The zero-order valence-corrected chi connectivity index (χ0v) is 13.5. The molecule has 3 rings (SSSR count). The maximum Gasteiger partial charge on any atom is 0.412 e. The lowest BCUT2D eigenvalue weighted by atomic mass is 10.0. The Hall–Kier alpha value is -2.13. The molecule has 1 aliphatic heterocycles. The summed E-state index contributed by atoms with van der Waals surface area (Å²) in [7, 11) is 0. The number of fused-ring (bicyclic) bond motifs is 1. The fraction of sp³-hybridized carbons (Fsp3) is 0.333. The second-order valence-electron chi connectivity index (χ2n) is 5.53. The molecule has 2 aromatic rings. The summed E-state index contributed by atoms with van der Waals surface area (Å²) in [6.45, 7) is -0.137. The van der Waals surface area contributed by atoms with Gasteiger partial charge in [0.05, 0.1) is 16.4 Å². The van der Waals surface area contributed by atoms with E-state index in [0.717, 1.165) is 10.7 Å². The van der Waals surface area contributed by atoms with Crippen LogP contribution >= 0.6 is 11.6 Å². The molecule has 1 aliphatic rings. The van der Waals surface area contributed by atoms with Gasteiger partial charge >= 0.3 is 6.18 Å². The Morgan fingerprint density at radius 1 is 1.44 bits per heavy atom. The first-order valence-corrected chi connectivity index (χ1v) is 7.71. The van der Waals surface area contributed by atoms with Gasteiger partial charge in [-0.15, -0.1) is 0 Å². The van der Waals surface area contributed by atoms with Crippen LogP contribution in [0.4, 0.5) is 17.6 Å². The maximum absolute atomic E-state index is 13.4. The third-order valence-corrected chi connectivity index (χ3v) is 4.27. The molecule has 1 unspecified atom stereocenters. The van der Waals surface area contributed by atoms with Crippen molar-refractivity contribution >= 4 is 18.0 Å². The largest absolute Gasteiger partial charge is 0.412 e. The Balaban J connectivity index is 2.15. The minimum absolute atomic E-state index is 0.00454. The van der Waals surface area contributed by atoms with Crippen molar-refractivity contribution in [2.45, 2.75) is 25.3 Å². The number of benzene rings is 1. The highest BCUT2D eigenvalue weighted by Crippen LogP contribution is 2.37. The van der Waals surface area contributed by atoms with Crippen LogP contribution in [-0.2, 0) is 17.9 Å². The van der Waals surface area contributed by atoms with Crippen LogP contribution in [-0.4, -0.2) is 28.9 Å². The van der Waals surface area contributed by atoms with Crippen LogP contribution in [0.25, 0.3) is 11.3 Å². The second kappa shape index (κ2) is 6.64. The van der Waals surface area contributed by atoms with Crippen LogP contribution in [0.1, 0.15) is 17.3 Å². The molecule has 0 radical (unpaired) electrons. The molecule has 0 spiro atoms. The number of hydrogen-bond acceptors (Lipinski definition) is 3. The Labute approximate surface area is 145 Å². The van der Waals surface area contributed by atoms with E-state index in [0.29, 0.717) is 23.2 Å². The van der Waals surface area contributed by atoms with Gasteiger partial charge in [0.25, 0.3) is 0 Å². The monoisotopic (exact) mass is 376 g/mol. The number of rotatable bonds is 4. The molecule has 5 nitrogen and oxygen atoms in total. The first-order chi connectivity index (χ1) is 11.8. The van der Waals surface area contributed by atoms with E-state index < -0.39 is 18.0 Å². The lowest BCUT2D eigenvalue weighted by Crippen LogP contribution is -2.41. The average molecular weight is 377 g/mol. The predicted octanol–water partition coefficient (Wildman–Crippen LogP) is 2.80. The number of amides is 1. The molecule has 0 bridgehead atoms. The lowest BCUT2D eigenvalue weighted by Gasteiger charge is -2.27. The van der Waals surface area contributed by atoms with Gasteiger partial charge in [-0.05, 0) is 18.2 Å². The number of aromatic nitrogens is 2. The van der Waals surface area contributed by atoms with E-state index in [9.17, 15) is 22.4 Å². The normalized spacial score (nSPS) is 17.2. The van der Waals surface area contributed by atoms with Crippen LogP contribution in [0.5, 0.6) is 0 Å². The molecule has 2 heterocycles. The summed E-state index contributed by atoms with van der Waals surface area (Å²) in [4.78, 5) is 10.6. The molecule has 1 amide bonds. The topological polar surface area (TPSA) is 59.0 Å². The molecule has 2 N–H and O–H groups in total. The Morgan fingerprint density at radius 3 is 2.84 bits per heavy atom. The summed E-state index contributed by atoms with van der Waals surface area (Å²) < 4.78 is 54.2. The predicted molar refractivity (Wildman–Crippen MR) is 82.3 cm³/mol. The third-order valence-electron chi connectivity index (χ3n) is 3.98. The fourth-order valence-corrected chi connectivity index (χ4v) is 3.00. The van der Waals surface area contributed by atoms with Crippen molar-refractivity contribution in [2.75, 3.05) is 6.54 Å². The van der Waals surface area contributed by atoms with Gasteiger partial charge in [-0.3, -0.25) is 9.48 Å². The van der Waals surface area contributed by atoms with Crippen molar-refractivity contribution in [1.82, 2.24) is 20.4 Å². The molecule has 0 aliphatic carbocycles. The van der Waals surface area contributed by atoms with E-state index in [1.54, 1.807) is 0 Å². The number of carbonyl (C=O) groups is 1. The highest BCUT2D eigenvalue weighted by atomic mass is 35.5. The van der Waals surface area contributed by atoms with Crippen molar-refractivity contribution in [1.29, 1.82) is 0 Å². The summed E-state index contributed by atoms with van der Waals surface area (Å²) >= 11 is 5.77. The molecule has 1 aromatic heterocycles. The molecular weight excluding hydrogens is 364 g/mol. The van der Waals surface area contributed by atoms with E-state index in [-0.39, 0.29) is 30.4 Å². The van der Waals surface area contributed by atoms with Crippen LogP contribution < -0.4 is 10.6 Å². The number of halogens is 5. The van der Waals surface area contributed by atoms with Crippen LogP contribution in [0.15, 0.2) is 18.2 Å². The maximum atomic E-state index is 13.4. The smallest absolute Gasteiger partial charge is 0.354 e. The average Bonchev–Trinajstić information content (AvgIpc) is 2.93. The van der Waals surface area contributed by atoms with E-state index in [4.69, 9.17) is 11.6 Å². The molecule has 10 heteroatoms. The molecule has 0 fully saturated rings. The van der Waals surface area contributed by atoms with Gasteiger partial charge in [-0.2, -0.15) is 18.3 Å². The molecule has 134 valence electrons. The summed E-state index contributed by atoms with van der Waals surface area (Å²) in [5.74, 6) is -0.642. The van der Waals surface area contributed by atoms with Crippen molar-refractivity contribution in [3.05, 3.63) is 40.3 Å². The number of nitrogens with one attached hydrogen (secondary N) is 2. The van der Waals surface area contributed by atoms with Crippen LogP contribution in [0.2, 0.25) is 5.02 Å². The van der Waals surface area contributed by atoms with Gasteiger partial charge in [0.2, 0.25) is 6.41 Å². The van der Waals surface area contributed by atoms with Gasteiger partial charge < -0.3 is 10.6 Å². The quantitative estimate of drug-likeness (QED) is 0.637. The SMILES string of the molecule is O=CNCc1c(-c2ccc(F)c(Cl)c2)nn2c1CNCC2C(F)(F)F. The minimum Gasteiger partial charge on any atom is -0.354 e. The van der Waals surface area contributed by atoms with E-state index in [1.807, 2.05) is 0 Å². The Morgan fingerprint density at radius 2 is 2.20 bits per heavy atom. The van der Waals surface area contributed by atoms with Gasteiger partial charge in [-0.1, -0.05) is 11.6 Å². The van der Waals surface area contributed by atoms with Crippen LogP contribution in [0, 0.1) is 5.82 Å². The van der Waals surface area contributed by atoms with Gasteiger partial charge in [0.1, 0.15) is 5.82 Å². The fourth-order valence-electron chi connectivity index (χ4n) is 2.82. The second-order valence-corrected chi connectivity index (χ2v) is 5.94. The molecule has 1 atom stereocenters. The summed E-state index contributed by atoms with van der Waals surface area (Å²) in [5.41, 5.74) is 1.34. The van der Waals surface area contributed by atoms with E-state index >= 15 is 0 Å². The standard InChI is InChI=1S/C15H13ClF4N4O/c16-10-3-8(1-2-11(10)17)14-9(4-22-7-25)12-5-21-6-13(15(18,19)20)24(12)23-14/h1-3,7,13,21H,4-6H2,(H,22,25). The van der Waals surface area contributed by atoms with E-state index in [1.165, 1.54) is 12.1 Å².